The Morgan fingerprint density at radius 3 is 2.83 bits per heavy atom. The topological polar surface area (TPSA) is 118 Å². The standard InChI is InChI=1S/C21H18N4O4/c22-12-13-1-4-15(5-2-13)24-20(27)18(26)19-21(28)25(9-10-29-19)16-6-3-14-7-8-23-17(14)11-16/h1-8,11,18-19,23,26H,9-10H2,(H,24,27)/t18?,19-/m1/s1. The number of carbonyl (C=O) groups excluding carboxylic acids is 2. The predicted octanol–water partition coefficient (Wildman–Crippen LogP) is 1.77. The van der Waals surface area contributed by atoms with Crippen LogP contribution >= 0.6 is 0 Å². The van der Waals surface area contributed by atoms with Crippen LogP contribution in [-0.2, 0) is 14.3 Å². The average molecular weight is 390 g/mol. The third-order valence-corrected chi connectivity index (χ3v) is 4.81. The van der Waals surface area contributed by atoms with Crippen molar-refractivity contribution < 1.29 is 19.4 Å². The summed E-state index contributed by atoms with van der Waals surface area (Å²) in [6.45, 7) is 0.520. The van der Waals surface area contributed by atoms with Crippen LogP contribution < -0.4 is 10.2 Å². The SMILES string of the molecule is N#Cc1ccc(NC(=O)C(O)[C@H]2OCCN(c3ccc4cc[nH]c4c3)C2=O)cc1. The lowest BCUT2D eigenvalue weighted by Crippen LogP contribution is -2.55. The van der Waals surface area contributed by atoms with Gasteiger partial charge in [0.25, 0.3) is 11.8 Å². The second-order valence-electron chi connectivity index (χ2n) is 6.65. The Morgan fingerprint density at radius 1 is 1.28 bits per heavy atom. The number of nitriles is 1. The van der Waals surface area contributed by atoms with Crippen molar-refractivity contribution in [3.63, 3.8) is 0 Å². The summed E-state index contributed by atoms with van der Waals surface area (Å²) in [5.74, 6) is -1.24. The van der Waals surface area contributed by atoms with E-state index in [0.717, 1.165) is 10.9 Å². The number of rotatable bonds is 4. The van der Waals surface area contributed by atoms with Gasteiger partial charge in [-0.25, -0.2) is 0 Å². The van der Waals surface area contributed by atoms with Gasteiger partial charge in [-0.3, -0.25) is 9.59 Å². The highest BCUT2D eigenvalue weighted by molar-refractivity contribution is 6.04. The molecule has 0 aliphatic carbocycles. The van der Waals surface area contributed by atoms with Gasteiger partial charge in [0.1, 0.15) is 0 Å². The van der Waals surface area contributed by atoms with E-state index in [1.807, 2.05) is 36.5 Å². The minimum absolute atomic E-state index is 0.195. The van der Waals surface area contributed by atoms with Crippen LogP contribution in [0.2, 0.25) is 0 Å². The lowest BCUT2D eigenvalue weighted by molar-refractivity contribution is -0.150. The highest BCUT2D eigenvalue weighted by atomic mass is 16.5. The average Bonchev–Trinajstić information content (AvgIpc) is 3.22. The number of ether oxygens (including phenoxy) is 1. The summed E-state index contributed by atoms with van der Waals surface area (Å²) in [7, 11) is 0. The Balaban J connectivity index is 1.48. The normalized spacial score (nSPS) is 17.7. The van der Waals surface area contributed by atoms with E-state index in [-0.39, 0.29) is 6.61 Å². The van der Waals surface area contributed by atoms with E-state index in [0.29, 0.717) is 23.5 Å². The number of aliphatic hydroxyl groups excluding tert-OH is 1. The van der Waals surface area contributed by atoms with Gasteiger partial charge in [-0.15, -0.1) is 0 Å². The smallest absolute Gasteiger partial charge is 0.259 e. The highest BCUT2D eigenvalue weighted by Crippen LogP contribution is 2.25. The fraction of sp³-hybridized carbons (Fsp3) is 0.190. The molecule has 1 aliphatic heterocycles. The molecule has 1 aromatic heterocycles. The van der Waals surface area contributed by atoms with E-state index in [9.17, 15) is 14.7 Å². The van der Waals surface area contributed by atoms with Gasteiger partial charge in [-0.2, -0.15) is 5.26 Å². The van der Waals surface area contributed by atoms with Crippen LogP contribution in [0.4, 0.5) is 11.4 Å². The molecule has 1 aliphatic rings. The van der Waals surface area contributed by atoms with Gasteiger partial charge in [-0.1, -0.05) is 6.07 Å². The van der Waals surface area contributed by atoms with Crippen molar-refractivity contribution in [2.75, 3.05) is 23.4 Å². The maximum atomic E-state index is 12.9. The largest absolute Gasteiger partial charge is 0.380 e. The van der Waals surface area contributed by atoms with Crippen LogP contribution in [0.25, 0.3) is 10.9 Å². The molecule has 1 unspecified atom stereocenters. The van der Waals surface area contributed by atoms with Gasteiger partial charge < -0.3 is 25.0 Å². The summed E-state index contributed by atoms with van der Waals surface area (Å²) in [6, 6.07) is 15.7. The Labute approximate surface area is 166 Å². The van der Waals surface area contributed by atoms with E-state index in [1.54, 1.807) is 24.3 Å². The minimum atomic E-state index is -1.67. The van der Waals surface area contributed by atoms with E-state index < -0.39 is 24.0 Å². The van der Waals surface area contributed by atoms with Crippen LogP contribution in [0.5, 0.6) is 0 Å². The van der Waals surface area contributed by atoms with Gasteiger partial charge >= 0.3 is 0 Å². The Morgan fingerprint density at radius 2 is 2.07 bits per heavy atom. The van der Waals surface area contributed by atoms with Gasteiger partial charge in [0, 0.05) is 29.6 Å². The Hall–Kier alpha value is -3.67. The van der Waals surface area contributed by atoms with Crippen LogP contribution in [0.3, 0.4) is 0 Å². The van der Waals surface area contributed by atoms with Crippen molar-refractivity contribution in [3.05, 3.63) is 60.3 Å². The molecule has 2 heterocycles. The molecule has 146 valence electrons. The molecule has 3 N–H and O–H groups in total. The van der Waals surface area contributed by atoms with Crippen molar-refractivity contribution in [1.82, 2.24) is 4.98 Å². The van der Waals surface area contributed by atoms with Crippen LogP contribution in [0.15, 0.2) is 54.7 Å². The number of aromatic amines is 1. The van der Waals surface area contributed by atoms with E-state index >= 15 is 0 Å². The Kier molecular flexibility index (Phi) is 4.99. The third kappa shape index (κ3) is 3.69. The number of benzene rings is 2. The maximum Gasteiger partial charge on any atom is 0.259 e. The zero-order chi connectivity index (χ0) is 20.4. The molecule has 4 rings (SSSR count). The molecule has 0 spiro atoms. The number of H-pyrrole nitrogens is 1. The summed E-state index contributed by atoms with van der Waals surface area (Å²) < 4.78 is 5.42. The number of fused-ring (bicyclic) bond motifs is 1. The summed E-state index contributed by atoms with van der Waals surface area (Å²) in [6.07, 6.45) is -1.16. The van der Waals surface area contributed by atoms with E-state index in [2.05, 4.69) is 10.3 Å². The van der Waals surface area contributed by atoms with E-state index in [1.165, 1.54) is 4.90 Å². The molecule has 29 heavy (non-hydrogen) atoms. The highest BCUT2D eigenvalue weighted by Gasteiger charge is 2.39. The quantitative estimate of drug-likeness (QED) is 0.627. The molecule has 8 heteroatoms. The lowest BCUT2D eigenvalue weighted by atomic mass is 10.1. The molecule has 0 bridgehead atoms. The van der Waals surface area contributed by atoms with Crippen LogP contribution in [-0.4, -0.2) is 47.3 Å². The number of nitrogens with one attached hydrogen (secondary N) is 2. The molecule has 1 fully saturated rings. The second-order valence-corrected chi connectivity index (χ2v) is 6.65. The van der Waals surface area contributed by atoms with E-state index in [4.69, 9.17) is 10.00 Å². The molecule has 2 amide bonds. The van der Waals surface area contributed by atoms with Crippen molar-refractivity contribution >= 4 is 34.1 Å². The molecule has 3 aromatic rings. The zero-order valence-electron chi connectivity index (χ0n) is 15.3. The summed E-state index contributed by atoms with van der Waals surface area (Å²) in [5.41, 5.74) is 2.41. The molecule has 2 atom stereocenters. The zero-order valence-corrected chi connectivity index (χ0v) is 15.3. The number of amides is 2. The number of aliphatic hydroxyl groups is 1. The van der Waals surface area contributed by atoms with Crippen LogP contribution in [0, 0.1) is 11.3 Å². The Bertz CT molecular complexity index is 1100. The van der Waals surface area contributed by atoms with Gasteiger partial charge in [0.2, 0.25) is 0 Å². The third-order valence-electron chi connectivity index (χ3n) is 4.81. The molecule has 1 saturated heterocycles. The van der Waals surface area contributed by atoms with Crippen molar-refractivity contribution in [3.8, 4) is 6.07 Å². The second kappa shape index (κ2) is 7.75. The number of anilines is 2. The summed E-state index contributed by atoms with van der Waals surface area (Å²) >= 11 is 0. The number of hydrogen-bond acceptors (Lipinski definition) is 5. The van der Waals surface area contributed by atoms with Gasteiger partial charge in [0.15, 0.2) is 12.2 Å². The van der Waals surface area contributed by atoms with Crippen molar-refractivity contribution in [1.29, 1.82) is 5.26 Å². The number of nitrogens with zero attached hydrogens (tertiary/aromatic N) is 2. The first-order chi connectivity index (χ1) is 14.1. The minimum Gasteiger partial charge on any atom is -0.380 e. The van der Waals surface area contributed by atoms with Crippen LogP contribution in [0.1, 0.15) is 5.56 Å². The molecular formula is C21H18N4O4. The molecule has 2 aromatic carbocycles. The monoisotopic (exact) mass is 390 g/mol. The van der Waals surface area contributed by atoms with Crippen molar-refractivity contribution in [2.45, 2.75) is 12.2 Å². The number of morpholine rings is 1. The fourth-order valence-electron chi connectivity index (χ4n) is 3.27. The first-order valence-electron chi connectivity index (χ1n) is 9.06. The first-order valence-corrected chi connectivity index (χ1v) is 9.06. The summed E-state index contributed by atoms with van der Waals surface area (Å²) in [4.78, 5) is 29.9. The van der Waals surface area contributed by atoms with Crippen molar-refractivity contribution in [2.24, 2.45) is 0 Å². The molecule has 0 radical (unpaired) electrons. The first kappa shape index (κ1) is 18.7. The van der Waals surface area contributed by atoms with Gasteiger partial charge in [0.05, 0.1) is 18.2 Å². The fourth-order valence-corrected chi connectivity index (χ4v) is 3.27. The summed E-state index contributed by atoms with van der Waals surface area (Å²) in [5, 5.41) is 22.8. The lowest BCUT2D eigenvalue weighted by Gasteiger charge is -2.34. The molecule has 8 nitrogen and oxygen atoms in total. The molecule has 0 saturated carbocycles. The number of aromatic nitrogens is 1. The maximum absolute atomic E-state index is 12.9. The molecular weight excluding hydrogens is 372 g/mol. The predicted molar refractivity (Wildman–Crippen MR) is 106 cm³/mol. The van der Waals surface area contributed by atoms with Gasteiger partial charge in [-0.05, 0) is 47.9 Å². The number of hydrogen-bond donors (Lipinski definition) is 3. The number of carbonyl (C=O) groups is 2.